The summed E-state index contributed by atoms with van der Waals surface area (Å²) in [6.45, 7) is 6.71. The van der Waals surface area contributed by atoms with E-state index in [1.54, 1.807) is 12.1 Å². The smallest absolute Gasteiger partial charge is 0.311 e. The van der Waals surface area contributed by atoms with Gasteiger partial charge in [0.05, 0.1) is 4.92 Å². The lowest BCUT2D eigenvalue weighted by atomic mass is 10.2. The van der Waals surface area contributed by atoms with Gasteiger partial charge in [-0.25, -0.2) is 0 Å². The zero-order valence-electron chi connectivity index (χ0n) is 11.0. The van der Waals surface area contributed by atoms with Gasteiger partial charge in [-0.15, -0.1) is 0 Å². The number of nitrogens with one attached hydrogen (secondary N) is 1. The van der Waals surface area contributed by atoms with Gasteiger partial charge in [-0.1, -0.05) is 12.6 Å². The lowest BCUT2D eigenvalue weighted by molar-refractivity contribution is -0.385. The minimum absolute atomic E-state index is 0.00273. The van der Waals surface area contributed by atoms with Crippen molar-refractivity contribution in [3.8, 4) is 5.75 Å². The largest absolute Gasteiger partial charge is 0.482 e. The molecule has 1 aromatic rings. The van der Waals surface area contributed by atoms with Crippen LogP contribution in [0, 0.1) is 17.0 Å². The summed E-state index contributed by atoms with van der Waals surface area (Å²) < 4.78 is 5.49. The van der Waals surface area contributed by atoms with Crippen molar-refractivity contribution in [2.75, 3.05) is 13.2 Å². The predicted molar refractivity (Wildman–Crippen MR) is 73.5 cm³/mol. The topological polar surface area (TPSA) is 64.4 Å². The van der Waals surface area contributed by atoms with Crippen LogP contribution < -0.4 is 10.1 Å². The molecule has 0 bridgehead atoms. The molecule has 0 heterocycles. The summed E-state index contributed by atoms with van der Waals surface area (Å²) in [6.07, 6.45) is 2.44. The van der Waals surface area contributed by atoms with Crippen molar-refractivity contribution < 1.29 is 9.66 Å². The first kappa shape index (κ1) is 13.5. The van der Waals surface area contributed by atoms with Gasteiger partial charge < -0.3 is 10.1 Å². The maximum Gasteiger partial charge on any atom is 0.311 e. The SMILES string of the molecule is C=C(CNC1CC1)COc1ccc(C)cc1[N+](=O)[O-]. The van der Waals surface area contributed by atoms with Crippen LogP contribution in [0.3, 0.4) is 0 Å². The van der Waals surface area contributed by atoms with Crippen molar-refractivity contribution in [1.29, 1.82) is 0 Å². The second kappa shape index (κ2) is 5.84. The van der Waals surface area contributed by atoms with Gasteiger partial charge in [-0.05, 0) is 37.0 Å². The van der Waals surface area contributed by atoms with Crippen LogP contribution in [0.4, 0.5) is 5.69 Å². The van der Waals surface area contributed by atoms with E-state index in [0.717, 1.165) is 11.1 Å². The van der Waals surface area contributed by atoms with E-state index in [1.165, 1.54) is 18.9 Å². The Morgan fingerprint density at radius 1 is 1.58 bits per heavy atom. The first-order valence-electron chi connectivity index (χ1n) is 6.34. The van der Waals surface area contributed by atoms with E-state index >= 15 is 0 Å². The molecule has 1 fully saturated rings. The molecule has 2 rings (SSSR count). The lowest BCUT2D eigenvalue weighted by Gasteiger charge is -2.10. The monoisotopic (exact) mass is 262 g/mol. The fourth-order valence-corrected chi connectivity index (χ4v) is 1.70. The highest BCUT2D eigenvalue weighted by molar-refractivity contribution is 5.48. The van der Waals surface area contributed by atoms with Gasteiger partial charge in [0.1, 0.15) is 6.61 Å². The van der Waals surface area contributed by atoms with Gasteiger partial charge in [0.15, 0.2) is 5.75 Å². The van der Waals surface area contributed by atoms with E-state index in [9.17, 15) is 10.1 Å². The van der Waals surface area contributed by atoms with E-state index in [2.05, 4.69) is 11.9 Å². The molecule has 0 radical (unpaired) electrons. The molecule has 1 N–H and O–H groups in total. The molecular formula is C14H18N2O3. The average Bonchev–Trinajstić information content (AvgIpc) is 3.18. The van der Waals surface area contributed by atoms with E-state index in [1.807, 2.05) is 6.92 Å². The van der Waals surface area contributed by atoms with Crippen molar-refractivity contribution >= 4 is 5.69 Å². The molecule has 102 valence electrons. The second-order valence-electron chi connectivity index (χ2n) is 4.92. The van der Waals surface area contributed by atoms with Crippen molar-refractivity contribution in [3.05, 3.63) is 46.0 Å². The number of nitro groups is 1. The first-order chi connectivity index (χ1) is 9.06. The number of benzene rings is 1. The number of hydrogen-bond acceptors (Lipinski definition) is 4. The molecule has 1 saturated carbocycles. The third-order valence-corrected chi connectivity index (χ3v) is 2.96. The highest BCUT2D eigenvalue weighted by atomic mass is 16.6. The standard InChI is InChI=1S/C14H18N2O3/c1-10-3-6-14(13(7-10)16(17)18)19-9-11(2)8-15-12-4-5-12/h3,6-7,12,15H,2,4-5,8-9H2,1H3. The minimum atomic E-state index is -0.423. The number of ether oxygens (including phenoxy) is 1. The fourth-order valence-electron chi connectivity index (χ4n) is 1.70. The summed E-state index contributed by atoms with van der Waals surface area (Å²) in [4.78, 5) is 10.5. The molecule has 1 aliphatic carbocycles. The zero-order chi connectivity index (χ0) is 13.8. The Labute approximate surface area is 112 Å². The molecule has 0 atom stereocenters. The molecule has 5 heteroatoms. The Bertz CT molecular complexity index is 495. The number of rotatable bonds is 7. The van der Waals surface area contributed by atoms with Gasteiger partial charge in [-0.2, -0.15) is 0 Å². The zero-order valence-corrected chi connectivity index (χ0v) is 11.0. The predicted octanol–water partition coefficient (Wildman–Crippen LogP) is 2.59. The van der Waals surface area contributed by atoms with Crippen LogP contribution in [0.25, 0.3) is 0 Å². The maximum absolute atomic E-state index is 10.9. The summed E-state index contributed by atoms with van der Waals surface area (Å²) >= 11 is 0. The van der Waals surface area contributed by atoms with E-state index in [4.69, 9.17) is 4.74 Å². The van der Waals surface area contributed by atoms with E-state index < -0.39 is 4.92 Å². The van der Waals surface area contributed by atoms with Gasteiger partial charge in [0, 0.05) is 18.7 Å². The molecule has 1 aromatic carbocycles. The van der Waals surface area contributed by atoms with Gasteiger partial charge in [-0.3, -0.25) is 10.1 Å². The Hall–Kier alpha value is -1.88. The third kappa shape index (κ3) is 4.06. The number of nitro benzene ring substituents is 1. The van der Waals surface area contributed by atoms with Gasteiger partial charge >= 0.3 is 5.69 Å². The van der Waals surface area contributed by atoms with Crippen molar-refractivity contribution in [2.24, 2.45) is 0 Å². The Kier molecular flexibility index (Phi) is 4.16. The molecule has 0 aromatic heterocycles. The second-order valence-corrected chi connectivity index (χ2v) is 4.92. The molecule has 19 heavy (non-hydrogen) atoms. The number of nitrogens with zero attached hydrogens (tertiary/aromatic N) is 1. The maximum atomic E-state index is 10.9. The highest BCUT2D eigenvalue weighted by Gasteiger charge is 2.20. The van der Waals surface area contributed by atoms with Crippen molar-refractivity contribution in [2.45, 2.75) is 25.8 Å². The average molecular weight is 262 g/mol. The third-order valence-electron chi connectivity index (χ3n) is 2.96. The van der Waals surface area contributed by atoms with E-state index in [-0.39, 0.29) is 5.69 Å². The van der Waals surface area contributed by atoms with Crippen LogP contribution in [-0.2, 0) is 0 Å². The van der Waals surface area contributed by atoms with Crippen molar-refractivity contribution in [1.82, 2.24) is 5.32 Å². The summed E-state index contributed by atoms with van der Waals surface area (Å²) in [7, 11) is 0. The highest BCUT2D eigenvalue weighted by Crippen LogP contribution is 2.28. The van der Waals surface area contributed by atoms with Crippen LogP contribution in [0.1, 0.15) is 18.4 Å². The molecule has 5 nitrogen and oxygen atoms in total. The quantitative estimate of drug-likeness (QED) is 0.466. The van der Waals surface area contributed by atoms with Crippen molar-refractivity contribution in [3.63, 3.8) is 0 Å². The van der Waals surface area contributed by atoms with Gasteiger partial charge in [0.25, 0.3) is 0 Å². The minimum Gasteiger partial charge on any atom is -0.482 e. The van der Waals surface area contributed by atoms with Crippen LogP contribution >= 0.6 is 0 Å². The van der Waals surface area contributed by atoms with Crippen LogP contribution in [-0.4, -0.2) is 24.1 Å². The molecule has 0 aliphatic heterocycles. The number of aryl methyl sites for hydroxylation is 1. The van der Waals surface area contributed by atoms with Gasteiger partial charge in [0.2, 0.25) is 0 Å². The Morgan fingerprint density at radius 3 is 2.95 bits per heavy atom. The van der Waals surface area contributed by atoms with E-state index in [0.29, 0.717) is 24.9 Å². The van der Waals surface area contributed by atoms with Crippen LogP contribution in [0.2, 0.25) is 0 Å². The normalized spacial score (nSPS) is 14.2. The number of hydrogen-bond donors (Lipinski definition) is 1. The molecule has 1 aliphatic rings. The molecule has 0 unspecified atom stereocenters. The summed E-state index contributed by atoms with van der Waals surface area (Å²) in [5, 5.41) is 14.3. The molecule has 0 spiro atoms. The summed E-state index contributed by atoms with van der Waals surface area (Å²) in [6, 6.07) is 5.56. The molecular weight excluding hydrogens is 244 g/mol. The molecule has 0 saturated heterocycles. The molecule has 0 amide bonds. The van der Waals surface area contributed by atoms with Crippen LogP contribution in [0.15, 0.2) is 30.4 Å². The fraction of sp³-hybridized carbons (Fsp3) is 0.429. The summed E-state index contributed by atoms with van der Waals surface area (Å²) in [5.74, 6) is 0.295. The summed E-state index contributed by atoms with van der Waals surface area (Å²) in [5.41, 5.74) is 1.73. The Balaban J connectivity index is 1.90. The Morgan fingerprint density at radius 2 is 2.32 bits per heavy atom. The lowest BCUT2D eigenvalue weighted by Crippen LogP contribution is -2.21. The van der Waals surface area contributed by atoms with Crippen LogP contribution in [0.5, 0.6) is 5.75 Å². The first-order valence-corrected chi connectivity index (χ1v) is 6.34.